The van der Waals surface area contributed by atoms with Crippen molar-refractivity contribution in [2.24, 2.45) is 23.7 Å². The quantitative estimate of drug-likeness (QED) is 0.674. The number of ether oxygens (including phenoxy) is 1. The van der Waals surface area contributed by atoms with Crippen molar-refractivity contribution in [1.82, 2.24) is 0 Å². The van der Waals surface area contributed by atoms with Crippen LogP contribution in [0.3, 0.4) is 0 Å². The number of allylic oxidation sites excluding steroid dienone is 2. The number of carboxylic acid groups (broad SMARTS) is 1. The topological polar surface area (TPSA) is 63.6 Å². The van der Waals surface area contributed by atoms with Crippen LogP contribution in [0.15, 0.2) is 42.5 Å². The number of benzene rings is 1. The van der Waals surface area contributed by atoms with Crippen molar-refractivity contribution in [3.63, 3.8) is 0 Å². The molecule has 0 unspecified atom stereocenters. The summed E-state index contributed by atoms with van der Waals surface area (Å²) in [5, 5.41) is 9.30. The first-order valence-corrected chi connectivity index (χ1v) is 6.78. The lowest BCUT2D eigenvalue weighted by atomic mass is 9.83. The summed E-state index contributed by atoms with van der Waals surface area (Å²) in [6.07, 6.45) is 4.63. The Morgan fingerprint density at radius 1 is 1.10 bits per heavy atom. The number of hydrogen-bond acceptors (Lipinski definition) is 3. The van der Waals surface area contributed by atoms with E-state index in [1.54, 1.807) is 0 Å². The molecule has 0 spiro atoms. The molecule has 1 N–H and O–H groups in total. The lowest BCUT2D eigenvalue weighted by Crippen LogP contribution is -2.34. The Hall–Kier alpha value is -2.10. The van der Waals surface area contributed by atoms with Gasteiger partial charge in [-0.1, -0.05) is 42.5 Å². The Morgan fingerprint density at radius 2 is 1.75 bits per heavy atom. The van der Waals surface area contributed by atoms with Gasteiger partial charge in [-0.2, -0.15) is 0 Å². The molecular formula is C16H16O4. The summed E-state index contributed by atoms with van der Waals surface area (Å²) in [4.78, 5) is 23.5. The summed E-state index contributed by atoms with van der Waals surface area (Å²) in [6, 6.07) is 9.41. The van der Waals surface area contributed by atoms with E-state index in [0.717, 1.165) is 12.0 Å². The summed E-state index contributed by atoms with van der Waals surface area (Å²) >= 11 is 0. The van der Waals surface area contributed by atoms with Crippen LogP contribution in [0, 0.1) is 23.7 Å². The Labute approximate surface area is 117 Å². The maximum atomic E-state index is 12.2. The minimum atomic E-state index is -0.900. The van der Waals surface area contributed by atoms with E-state index in [1.165, 1.54) is 0 Å². The van der Waals surface area contributed by atoms with Gasteiger partial charge in [0.15, 0.2) is 0 Å². The van der Waals surface area contributed by atoms with Gasteiger partial charge < -0.3 is 9.84 Å². The third-order valence-corrected chi connectivity index (χ3v) is 4.24. The minimum Gasteiger partial charge on any atom is -0.481 e. The van der Waals surface area contributed by atoms with Gasteiger partial charge in [0.1, 0.15) is 6.61 Å². The number of carboxylic acids is 1. The molecule has 2 aliphatic carbocycles. The zero-order valence-corrected chi connectivity index (χ0v) is 10.9. The monoisotopic (exact) mass is 272 g/mol. The summed E-state index contributed by atoms with van der Waals surface area (Å²) < 4.78 is 5.31. The van der Waals surface area contributed by atoms with E-state index in [2.05, 4.69) is 0 Å². The van der Waals surface area contributed by atoms with Gasteiger partial charge in [0.25, 0.3) is 0 Å². The fourth-order valence-corrected chi connectivity index (χ4v) is 3.31. The Morgan fingerprint density at radius 3 is 2.40 bits per heavy atom. The third-order valence-electron chi connectivity index (χ3n) is 4.24. The summed E-state index contributed by atoms with van der Waals surface area (Å²) in [6.45, 7) is 0.198. The van der Waals surface area contributed by atoms with Gasteiger partial charge in [0.05, 0.1) is 11.8 Å². The molecule has 0 saturated heterocycles. The molecule has 1 aromatic rings. The first kappa shape index (κ1) is 12.9. The van der Waals surface area contributed by atoms with Gasteiger partial charge in [-0.25, -0.2) is 0 Å². The Kier molecular flexibility index (Phi) is 3.30. The van der Waals surface area contributed by atoms with Crippen molar-refractivity contribution >= 4 is 11.9 Å². The highest BCUT2D eigenvalue weighted by molar-refractivity contribution is 5.83. The van der Waals surface area contributed by atoms with Crippen molar-refractivity contribution in [1.29, 1.82) is 0 Å². The molecule has 3 rings (SSSR count). The average Bonchev–Trinajstić information content (AvgIpc) is 3.06. The van der Waals surface area contributed by atoms with Gasteiger partial charge in [-0.3, -0.25) is 9.59 Å². The smallest absolute Gasteiger partial charge is 0.310 e. The lowest BCUT2D eigenvalue weighted by molar-refractivity contribution is -0.159. The van der Waals surface area contributed by atoms with Gasteiger partial charge in [0, 0.05) is 0 Å². The Bertz CT molecular complexity index is 549. The van der Waals surface area contributed by atoms with Crippen molar-refractivity contribution in [3.8, 4) is 0 Å². The standard InChI is InChI=1S/C16H16O4/c17-15(18)13-11-6-7-12(8-11)14(13)16(19)20-9-10-4-2-1-3-5-10/h1-7,11-14H,8-9H2,(H,17,18)/t11-,12-,13+,14+/m0/s1. The number of fused-ring (bicyclic) bond motifs is 2. The van der Waals surface area contributed by atoms with Crippen molar-refractivity contribution in [2.75, 3.05) is 0 Å². The third kappa shape index (κ3) is 2.22. The highest BCUT2D eigenvalue weighted by atomic mass is 16.5. The predicted octanol–water partition coefficient (Wildman–Crippen LogP) is 2.25. The maximum Gasteiger partial charge on any atom is 0.310 e. The number of hydrogen-bond donors (Lipinski definition) is 1. The van der Waals surface area contributed by atoms with E-state index in [4.69, 9.17) is 4.74 Å². The van der Waals surface area contributed by atoms with Gasteiger partial charge in [0.2, 0.25) is 0 Å². The minimum absolute atomic E-state index is 0.0179. The fraction of sp³-hybridized carbons (Fsp3) is 0.375. The number of carbonyl (C=O) groups is 2. The van der Waals surface area contributed by atoms with Crippen molar-refractivity contribution in [3.05, 3.63) is 48.0 Å². The van der Waals surface area contributed by atoms with E-state index in [9.17, 15) is 14.7 Å². The van der Waals surface area contributed by atoms with Crippen LogP contribution in [-0.4, -0.2) is 17.0 Å². The van der Waals surface area contributed by atoms with E-state index >= 15 is 0 Å². The SMILES string of the molecule is O=C(O)[C@H]1[C@H](C(=O)OCc2ccccc2)[C@H]2C=C[C@H]1C2. The van der Waals surface area contributed by atoms with Crippen molar-refractivity contribution < 1.29 is 19.4 Å². The zero-order chi connectivity index (χ0) is 14.1. The van der Waals surface area contributed by atoms with Crippen LogP contribution >= 0.6 is 0 Å². The molecule has 0 radical (unpaired) electrons. The van der Waals surface area contributed by atoms with Gasteiger partial charge in [-0.05, 0) is 23.8 Å². The van der Waals surface area contributed by atoms with Crippen LogP contribution < -0.4 is 0 Å². The van der Waals surface area contributed by atoms with Crippen LogP contribution in [-0.2, 0) is 20.9 Å². The maximum absolute atomic E-state index is 12.2. The molecule has 2 bridgehead atoms. The normalized spacial score (nSPS) is 30.4. The first-order valence-electron chi connectivity index (χ1n) is 6.78. The molecule has 1 fully saturated rings. The average molecular weight is 272 g/mol. The summed E-state index contributed by atoms with van der Waals surface area (Å²) in [5.74, 6) is -2.46. The molecule has 2 aliphatic rings. The molecule has 20 heavy (non-hydrogen) atoms. The first-order chi connectivity index (χ1) is 9.66. The van der Waals surface area contributed by atoms with Crippen molar-refractivity contribution in [2.45, 2.75) is 13.0 Å². The number of rotatable bonds is 4. The van der Waals surface area contributed by atoms with Crippen LogP contribution in [0.25, 0.3) is 0 Å². The molecule has 0 heterocycles. The van der Waals surface area contributed by atoms with E-state index < -0.39 is 23.8 Å². The largest absolute Gasteiger partial charge is 0.481 e. The van der Waals surface area contributed by atoms with Crippen LogP contribution in [0.1, 0.15) is 12.0 Å². The second-order valence-corrected chi connectivity index (χ2v) is 5.43. The molecule has 0 amide bonds. The molecule has 4 heteroatoms. The van der Waals surface area contributed by atoms with Crippen LogP contribution in [0.5, 0.6) is 0 Å². The molecule has 1 saturated carbocycles. The second-order valence-electron chi connectivity index (χ2n) is 5.43. The highest BCUT2D eigenvalue weighted by Crippen LogP contribution is 2.48. The number of esters is 1. The molecule has 104 valence electrons. The number of aliphatic carboxylic acids is 1. The molecule has 0 aromatic heterocycles. The van der Waals surface area contributed by atoms with Gasteiger partial charge >= 0.3 is 11.9 Å². The summed E-state index contributed by atoms with van der Waals surface area (Å²) in [5.41, 5.74) is 0.909. The van der Waals surface area contributed by atoms with Crippen LogP contribution in [0.4, 0.5) is 0 Å². The zero-order valence-electron chi connectivity index (χ0n) is 10.9. The number of carbonyl (C=O) groups excluding carboxylic acids is 1. The predicted molar refractivity (Wildman–Crippen MR) is 71.6 cm³/mol. The molecule has 1 aromatic carbocycles. The molecule has 4 atom stereocenters. The fourth-order valence-electron chi connectivity index (χ4n) is 3.31. The van der Waals surface area contributed by atoms with E-state index in [1.807, 2.05) is 42.5 Å². The van der Waals surface area contributed by atoms with Crippen LogP contribution in [0.2, 0.25) is 0 Å². The van der Waals surface area contributed by atoms with E-state index in [-0.39, 0.29) is 18.4 Å². The lowest BCUT2D eigenvalue weighted by Gasteiger charge is -2.23. The van der Waals surface area contributed by atoms with E-state index in [0.29, 0.717) is 0 Å². The second kappa shape index (κ2) is 5.12. The summed E-state index contributed by atoms with van der Waals surface area (Å²) in [7, 11) is 0. The van der Waals surface area contributed by atoms with Gasteiger partial charge in [-0.15, -0.1) is 0 Å². The Balaban J connectivity index is 1.68. The molecule has 0 aliphatic heterocycles. The molecular weight excluding hydrogens is 256 g/mol. The highest BCUT2D eigenvalue weighted by Gasteiger charge is 2.52. The molecule has 4 nitrogen and oxygen atoms in total.